The Morgan fingerprint density at radius 1 is 1.39 bits per heavy atom. The number of hydrogen-bond donors (Lipinski definition) is 1. The van der Waals surface area contributed by atoms with Gasteiger partial charge < -0.3 is 9.63 Å². The zero-order valence-corrected chi connectivity index (χ0v) is 11.3. The molecule has 1 aromatic heterocycles. The molecule has 5 heteroatoms. The van der Waals surface area contributed by atoms with E-state index in [4.69, 9.17) is 9.63 Å². The van der Waals surface area contributed by atoms with Crippen molar-refractivity contribution < 1.29 is 9.63 Å². The molecule has 2 rings (SSSR count). The average Bonchev–Trinajstić information content (AvgIpc) is 2.76. The lowest BCUT2D eigenvalue weighted by atomic mass is 9.98. The number of likely N-dealkylation sites (tertiary alicyclic amines) is 1. The molecule has 0 spiro atoms. The molecule has 0 unspecified atom stereocenters. The molecule has 1 saturated heterocycles. The van der Waals surface area contributed by atoms with Crippen LogP contribution in [0, 0.1) is 11.8 Å². The first-order valence-electron chi connectivity index (χ1n) is 6.82. The van der Waals surface area contributed by atoms with Crippen LogP contribution in [-0.2, 0) is 13.0 Å². The average molecular weight is 253 g/mol. The van der Waals surface area contributed by atoms with Gasteiger partial charge in [0.05, 0.1) is 6.54 Å². The van der Waals surface area contributed by atoms with Crippen LogP contribution in [0.2, 0.25) is 0 Å². The van der Waals surface area contributed by atoms with Crippen LogP contribution in [0.3, 0.4) is 0 Å². The highest BCUT2D eigenvalue weighted by atomic mass is 16.5. The van der Waals surface area contributed by atoms with Gasteiger partial charge in [0, 0.05) is 13.0 Å². The standard InChI is InChI=1S/C13H23N3O2/c1-10(2)7-12-14-13(18-15-12)8-16-5-3-11(9-17)4-6-16/h10-11,17H,3-9H2,1-2H3. The third-order valence-electron chi connectivity index (χ3n) is 3.43. The monoisotopic (exact) mass is 253 g/mol. The molecular formula is C13H23N3O2. The van der Waals surface area contributed by atoms with Gasteiger partial charge in [0.2, 0.25) is 5.89 Å². The fourth-order valence-corrected chi connectivity index (χ4v) is 2.32. The summed E-state index contributed by atoms with van der Waals surface area (Å²) in [4.78, 5) is 6.73. The Labute approximate surface area is 108 Å². The minimum Gasteiger partial charge on any atom is -0.396 e. The molecule has 1 aliphatic heterocycles. The minimum absolute atomic E-state index is 0.312. The Morgan fingerprint density at radius 2 is 2.11 bits per heavy atom. The van der Waals surface area contributed by atoms with E-state index in [1.807, 2.05) is 0 Å². The van der Waals surface area contributed by atoms with Gasteiger partial charge in [0.1, 0.15) is 0 Å². The van der Waals surface area contributed by atoms with Crippen LogP contribution >= 0.6 is 0 Å². The van der Waals surface area contributed by atoms with E-state index in [1.165, 1.54) is 0 Å². The number of aromatic nitrogens is 2. The second-order valence-corrected chi connectivity index (χ2v) is 5.60. The molecule has 5 nitrogen and oxygen atoms in total. The van der Waals surface area contributed by atoms with Crippen molar-refractivity contribution >= 4 is 0 Å². The van der Waals surface area contributed by atoms with Crippen LogP contribution in [0.4, 0.5) is 0 Å². The summed E-state index contributed by atoms with van der Waals surface area (Å²) in [5.74, 6) is 2.55. The molecule has 1 aliphatic rings. The van der Waals surface area contributed by atoms with Crippen LogP contribution in [0.1, 0.15) is 38.4 Å². The fourth-order valence-electron chi connectivity index (χ4n) is 2.32. The molecule has 18 heavy (non-hydrogen) atoms. The van der Waals surface area contributed by atoms with Crippen molar-refractivity contribution in [1.82, 2.24) is 15.0 Å². The maximum Gasteiger partial charge on any atom is 0.240 e. The van der Waals surface area contributed by atoms with Gasteiger partial charge >= 0.3 is 0 Å². The zero-order valence-electron chi connectivity index (χ0n) is 11.3. The van der Waals surface area contributed by atoms with Gasteiger partial charge in [-0.15, -0.1) is 0 Å². The molecule has 1 fully saturated rings. The zero-order chi connectivity index (χ0) is 13.0. The predicted octanol–water partition coefficient (Wildman–Crippen LogP) is 1.47. The van der Waals surface area contributed by atoms with Crippen molar-refractivity contribution in [3.63, 3.8) is 0 Å². The molecule has 1 aromatic rings. The second kappa shape index (κ2) is 6.29. The summed E-state index contributed by atoms with van der Waals surface area (Å²) >= 11 is 0. The first-order valence-corrected chi connectivity index (χ1v) is 6.82. The molecule has 0 amide bonds. The van der Waals surface area contributed by atoms with Gasteiger partial charge in [0.25, 0.3) is 0 Å². The Bertz CT molecular complexity index is 357. The van der Waals surface area contributed by atoms with Gasteiger partial charge in [-0.1, -0.05) is 19.0 Å². The normalized spacial score (nSPS) is 18.7. The van der Waals surface area contributed by atoms with E-state index in [0.29, 0.717) is 24.3 Å². The number of aliphatic hydroxyl groups is 1. The molecule has 0 radical (unpaired) electrons. The molecule has 102 valence electrons. The van der Waals surface area contributed by atoms with Gasteiger partial charge in [-0.05, 0) is 37.8 Å². The molecule has 2 heterocycles. The number of hydrogen-bond acceptors (Lipinski definition) is 5. The summed E-state index contributed by atoms with van der Waals surface area (Å²) < 4.78 is 5.27. The lowest BCUT2D eigenvalue weighted by Crippen LogP contribution is -2.34. The Kier molecular flexibility index (Phi) is 4.72. The number of nitrogens with zero attached hydrogens (tertiary/aromatic N) is 3. The van der Waals surface area contributed by atoms with Crippen LogP contribution in [0.5, 0.6) is 0 Å². The highest BCUT2D eigenvalue weighted by Crippen LogP contribution is 2.18. The number of rotatable bonds is 5. The third kappa shape index (κ3) is 3.78. The smallest absolute Gasteiger partial charge is 0.240 e. The van der Waals surface area contributed by atoms with Crippen molar-refractivity contribution in [2.75, 3.05) is 19.7 Å². The van der Waals surface area contributed by atoms with E-state index in [-0.39, 0.29) is 0 Å². The molecule has 1 N–H and O–H groups in total. The summed E-state index contributed by atoms with van der Waals surface area (Å²) in [6.07, 6.45) is 2.99. The van der Waals surface area contributed by atoms with Crippen LogP contribution < -0.4 is 0 Å². The fraction of sp³-hybridized carbons (Fsp3) is 0.846. The van der Waals surface area contributed by atoms with Gasteiger partial charge in [0.15, 0.2) is 5.82 Å². The summed E-state index contributed by atoms with van der Waals surface area (Å²) in [6, 6.07) is 0. The van der Waals surface area contributed by atoms with Crippen molar-refractivity contribution in [2.45, 2.75) is 39.7 Å². The van der Waals surface area contributed by atoms with Gasteiger partial charge in [-0.3, -0.25) is 4.90 Å². The minimum atomic E-state index is 0.312. The number of aliphatic hydroxyl groups excluding tert-OH is 1. The van der Waals surface area contributed by atoms with E-state index in [1.54, 1.807) is 0 Å². The summed E-state index contributed by atoms with van der Waals surface area (Å²) in [7, 11) is 0. The van der Waals surface area contributed by atoms with Crippen molar-refractivity contribution in [2.24, 2.45) is 11.8 Å². The second-order valence-electron chi connectivity index (χ2n) is 5.60. The van der Waals surface area contributed by atoms with E-state index < -0.39 is 0 Å². The van der Waals surface area contributed by atoms with E-state index >= 15 is 0 Å². The molecular weight excluding hydrogens is 230 g/mol. The SMILES string of the molecule is CC(C)Cc1noc(CN2CCC(CO)CC2)n1. The molecule has 0 atom stereocenters. The summed E-state index contributed by atoms with van der Waals surface area (Å²) in [5, 5.41) is 13.1. The lowest BCUT2D eigenvalue weighted by Gasteiger charge is -2.29. The Balaban J connectivity index is 1.81. The van der Waals surface area contributed by atoms with Crippen molar-refractivity contribution in [1.29, 1.82) is 0 Å². The third-order valence-corrected chi connectivity index (χ3v) is 3.43. The highest BCUT2D eigenvalue weighted by molar-refractivity contribution is 4.88. The summed E-state index contributed by atoms with van der Waals surface area (Å²) in [5.41, 5.74) is 0. The first-order chi connectivity index (χ1) is 8.67. The van der Waals surface area contributed by atoms with Crippen LogP contribution in [-0.4, -0.2) is 39.8 Å². The van der Waals surface area contributed by atoms with E-state index in [9.17, 15) is 0 Å². The predicted molar refractivity (Wildman–Crippen MR) is 67.9 cm³/mol. The van der Waals surface area contributed by atoms with Crippen molar-refractivity contribution in [3.8, 4) is 0 Å². The maximum absolute atomic E-state index is 9.09. The van der Waals surface area contributed by atoms with Gasteiger partial charge in [-0.25, -0.2) is 0 Å². The van der Waals surface area contributed by atoms with E-state index in [0.717, 1.165) is 44.7 Å². The van der Waals surface area contributed by atoms with Crippen LogP contribution in [0.25, 0.3) is 0 Å². The Morgan fingerprint density at radius 3 is 2.72 bits per heavy atom. The first kappa shape index (κ1) is 13.5. The Hall–Kier alpha value is -0.940. The highest BCUT2D eigenvalue weighted by Gasteiger charge is 2.20. The quantitative estimate of drug-likeness (QED) is 0.861. The molecule has 0 aliphatic carbocycles. The van der Waals surface area contributed by atoms with Crippen molar-refractivity contribution in [3.05, 3.63) is 11.7 Å². The number of piperidine rings is 1. The maximum atomic E-state index is 9.09. The molecule has 0 saturated carbocycles. The van der Waals surface area contributed by atoms with Gasteiger partial charge in [-0.2, -0.15) is 4.98 Å². The van der Waals surface area contributed by atoms with Crippen LogP contribution in [0.15, 0.2) is 4.52 Å². The topological polar surface area (TPSA) is 62.4 Å². The molecule has 0 aromatic carbocycles. The largest absolute Gasteiger partial charge is 0.396 e. The lowest BCUT2D eigenvalue weighted by molar-refractivity contribution is 0.119. The molecule has 0 bridgehead atoms. The van der Waals surface area contributed by atoms with E-state index in [2.05, 4.69) is 28.9 Å². The summed E-state index contributed by atoms with van der Waals surface area (Å²) in [6.45, 7) is 7.36.